The van der Waals surface area contributed by atoms with E-state index in [0.717, 1.165) is 31.6 Å². The number of amides is 1. The van der Waals surface area contributed by atoms with E-state index in [1.165, 1.54) is 12.1 Å². The molecule has 0 saturated carbocycles. The quantitative estimate of drug-likeness (QED) is 0.735. The van der Waals surface area contributed by atoms with Crippen LogP contribution in [0, 0.1) is 0 Å². The molecule has 1 saturated heterocycles. The van der Waals surface area contributed by atoms with E-state index in [2.05, 4.69) is 10.6 Å². The highest BCUT2D eigenvalue weighted by atomic mass is 19.4. The summed E-state index contributed by atoms with van der Waals surface area (Å²) in [6.07, 6.45) is -2.25. The summed E-state index contributed by atoms with van der Waals surface area (Å²) in [4.78, 5) is 12.0. The van der Waals surface area contributed by atoms with E-state index in [0.29, 0.717) is 18.0 Å². The molecule has 1 unspecified atom stereocenters. The molecule has 0 bridgehead atoms. The maximum atomic E-state index is 12.7. The van der Waals surface area contributed by atoms with Crippen LogP contribution in [0.3, 0.4) is 0 Å². The molecule has 28 heavy (non-hydrogen) atoms. The average molecular weight is 394 g/mol. The van der Waals surface area contributed by atoms with Gasteiger partial charge < -0.3 is 20.1 Å². The second-order valence-corrected chi connectivity index (χ2v) is 6.45. The lowest BCUT2D eigenvalue weighted by atomic mass is 10.2. The highest BCUT2D eigenvalue weighted by Crippen LogP contribution is 2.30. The molecule has 2 N–H and O–H groups in total. The van der Waals surface area contributed by atoms with E-state index < -0.39 is 11.7 Å². The zero-order valence-electron chi connectivity index (χ0n) is 15.1. The van der Waals surface area contributed by atoms with Crippen LogP contribution >= 0.6 is 0 Å². The van der Waals surface area contributed by atoms with Crippen LogP contribution in [0.15, 0.2) is 48.5 Å². The molecule has 1 amide bonds. The van der Waals surface area contributed by atoms with Gasteiger partial charge >= 0.3 is 6.18 Å². The topological polar surface area (TPSA) is 59.6 Å². The molecule has 0 aliphatic carbocycles. The first-order valence-corrected chi connectivity index (χ1v) is 8.95. The molecule has 0 spiro atoms. The Morgan fingerprint density at radius 3 is 2.61 bits per heavy atom. The fourth-order valence-corrected chi connectivity index (χ4v) is 2.79. The fourth-order valence-electron chi connectivity index (χ4n) is 2.79. The van der Waals surface area contributed by atoms with Crippen LogP contribution in [0.4, 0.5) is 24.5 Å². The molecular formula is C20H21F3N2O3. The van der Waals surface area contributed by atoms with Crippen LogP contribution < -0.4 is 15.4 Å². The molecule has 0 radical (unpaired) electrons. The minimum Gasteiger partial charge on any atom is -0.491 e. The summed E-state index contributed by atoms with van der Waals surface area (Å²) >= 11 is 0. The third-order valence-corrected chi connectivity index (χ3v) is 4.24. The lowest BCUT2D eigenvalue weighted by molar-refractivity contribution is -0.137. The van der Waals surface area contributed by atoms with Gasteiger partial charge in [-0.1, -0.05) is 6.07 Å². The Hall–Kier alpha value is -2.74. The zero-order valence-corrected chi connectivity index (χ0v) is 15.1. The maximum Gasteiger partial charge on any atom is 0.416 e. The number of carbonyl (C=O) groups is 1. The number of halogens is 3. The van der Waals surface area contributed by atoms with Gasteiger partial charge in [-0.25, -0.2) is 0 Å². The summed E-state index contributed by atoms with van der Waals surface area (Å²) < 4.78 is 49.3. The highest BCUT2D eigenvalue weighted by molar-refractivity contribution is 5.93. The molecule has 8 heteroatoms. The van der Waals surface area contributed by atoms with Crippen LogP contribution in [0.25, 0.3) is 0 Å². The van der Waals surface area contributed by atoms with Gasteiger partial charge in [0.2, 0.25) is 5.91 Å². The molecular weight excluding hydrogens is 373 g/mol. The number of hydrogen-bond acceptors (Lipinski definition) is 4. The second kappa shape index (κ2) is 8.97. The third kappa shape index (κ3) is 5.88. The number of alkyl halides is 3. The Labute approximate surface area is 160 Å². The van der Waals surface area contributed by atoms with Crippen molar-refractivity contribution < 1.29 is 27.4 Å². The van der Waals surface area contributed by atoms with Crippen LogP contribution in [0.2, 0.25) is 0 Å². The van der Waals surface area contributed by atoms with Gasteiger partial charge in [0.25, 0.3) is 0 Å². The van der Waals surface area contributed by atoms with Crippen LogP contribution in [0.1, 0.15) is 18.4 Å². The van der Waals surface area contributed by atoms with Gasteiger partial charge in [0.05, 0.1) is 18.2 Å². The minimum atomic E-state index is -4.42. The number of carbonyl (C=O) groups excluding carboxylic acids is 1. The monoisotopic (exact) mass is 394 g/mol. The molecule has 5 nitrogen and oxygen atoms in total. The van der Waals surface area contributed by atoms with Crippen molar-refractivity contribution in [1.82, 2.24) is 0 Å². The van der Waals surface area contributed by atoms with Crippen molar-refractivity contribution in [3.63, 3.8) is 0 Å². The lowest BCUT2D eigenvalue weighted by Gasteiger charge is -2.12. The number of benzene rings is 2. The van der Waals surface area contributed by atoms with Crippen LogP contribution in [-0.4, -0.2) is 31.8 Å². The smallest absolute Gasteiger partial charge is 0.416 e. The maximum absolute atomic E-state index is 12.7. The first-order chi connectivity index (χ1) is 13.4. The van der Waals surface area contributed by atoms with Crippen molar-refractivity contribution in [2.75, 3.05) is 30.4 Å². The van der Waals surface area contributed by atoms with Crippen LogP contribution in [0.5, 0.6) is 5.75 Å². The predicted molar refractivity (Wildman–Crippen MR) is 99.5 cm³/mol. The lowest BCUT2D eigenvalue weighted by Crippen LogP contribution is -2.22. The van der Waals surface area contributed by atoms with E-state index >= 15 is 0 Å². The molecule has 1 aliphatic heterocycles. The average Bonchev–Trinajstić information content (AvgIpc) is 3.19. The number of rotatable bonds is 7. The van der Waals surface area contributed by atoms with Crippen molar-refractivity contribution in [3.05, 3.63) is 54.1 Å². The summed E-state index contributed by atoms with van der Waals surface area (Å²) in [6.45, 7) is 1.11. The van der Waals surface area contributed by atoms with E-state index in [-0.39, 0.29) is 24.2 Å². The summed E-state index contributed by atoms with van der Waals surface area (Å²) in [5.41, 5.74) is 0.0275. The Kier molecular flexibility index (Phi) is 6.41. The number of ether oxygens (including phenoxy) is 2. The largest absolute Gasteiger partial charge is 0.491 e. The zero-order chi connectivity index (χ0) is 20.0. The van der Waals surface area contributed by atoms with Gasteiger partial charge in [-0.2, -0.15) is 13.2 Å². The summed E-state index contributed by atoms with van der Waals surface area (Å²) in [5, 5.41) is 5.37. The number of anilines is 2. The van der Waals surface area contributed by atoms with Gasteiger partial charge in [-0.15, -0.1) is 0 Å². The second-order valence-electron chi connectivity index (χ2n) is 6.45. The van der Waals surface area contributed by atoms with Crippen molar-refractivity contribution in [1.29, 1.82) is 0 Å². The first-order valence-electron chi connectivity index (χ1n) is 8.95. The molecule has 1 aliphatic rings. The standard InChI is InChI=1S/C20H21F3N2O3/c21-20(22,23)14-3-1-4-16(11-14)24-12-19(26)25-15-6-8-17(9-7-15)28-13-18-5-2-10-27-18/h1,3-4,6-9,11,18,24H,2,5,10,12-13H2,(H,25,26). The number of nitrogens with one attached hydrogen (secondary N) is 2. The SMILES string of the molecule is O=C(CNc1cccc(C(F)(F)F)c1)Nc1ccc(OCC2CCCO2)cc1. The molecule has 3 rings (SSSR count). The Morgan fingerprint density at radius 2 is 1.93 bits per heavy atom. The molecule has 1 fully saturated rings. The molecule has 150 valence electrons. The van der Waals surface area contributed by atoms with Crippen molar-refractivity contribution >= 4 is 17.3 Å². The van der Waals surface area contributed by atoms with Crippen molar-refractivity contribution in [3.8, 4) is 5.75 Å². The number of hydrogen-bond donors (Lipinski definition) is 2. The highest BCUT2D eigenvalue weighted by Gasteiger charge is 2.30. The molecule has 0 aromatic heterocycles. The van der Waals surface area contributed by atoms with E-state index in [1.807, 2.05) is 0 Å². The Morgan fingerprint density at radius 1 is 1.14 bits per heavy atom. The van der Waals surface area contributed by atoms with Crippen molar-refractivity contribution in [2.24, 2.45) is 0 Å². The van der Waals surface area contributed by atoms with Gasteiger partial charge in [-0.05, 0) is 55.3 Å². The van der Waals surface area contributed by atoms with E-state index in [4.69, 9.17) is 9.47 Å². The van der Waals surface area contributed by atoms with Gasteiger partial charge in [0.15, 0.2) is 0 Å². The molecule has 1 heterocycles. The van der Waals surface area contributed by atoms with E-state index in [1.54, 1.807) is 24.3 Å². The minimum absolute atomic E-state index is 0.126. The first kappa shape index (κ1) is 20.0. The van der Waals surface area contributed by atoms with Gasteiger partial charge in [0, 0.05) is 18.0 Å². The summed E-state index contributed by atoms with van der Waals surface area (Å²) in [6, 6.07) is 11.6. The van der Waals surface area contributed by atoms with Gasteiger partial charge in [-0.3, -0.25) is 4.79 Å². The Balaban J connectivity index is 1.45. The predicted octanol–water partition coefficient (Wildman–Crippen LogP) is 4.31. The molecule has 1 atom stereocenters. The van der Waals surface area contributed by atoms with Gasteiger partial charge in [0.1, 0.15) is 12.4 Å². The molecule has 2 aromatic rings. The van der Waals surface area contributed by atoms with Crippen molar-refractivity contribution in [2.45, 2.75) is 25.1 Å². The summed E-state index contributed by atoms with van der Waals surface area (Å²) in [7, 11) is 0. The van der Waals surface area contributed by atoms with E-state index in [9.17, 15) is 18.0 Å². The normalized spacial score (nSPS) is 16.6. The Bertz CT molecular complexity index is 788. The third-order valence-electron chi connectivity index (χ3n) is 4.24. The molecule has 2 aromatic carbocycles. The fraction of sp³-hybridized carbons (Fsp3) is 0.350. The van der Waals surface area contributed by atoms with Crippen LogP contribution in [-0.2, 0) is 15.7 Å². The summed E-state index contributed by atoms with van der Waals surface area (Å²) in [5.74, 6) is 0.307.